The second-order valence-corrected chi connectivity index (χ2v) is 6.11. The number of piperidine rings is 1. The maximum atomic E-state index is 6.13. The third-order valence-corrected chi connectivity index (χ3v) is 4.41. The molecule has 2 heteroatoms. The fourth-order valence-corrected chi connectivity index (χ4v) is 2.79. The van der Waals surface area contributed by atoms with Gasteiger partial charge in [0.1, 0.15) is 0 Å². The molecule has 2 nitrogen and oxygen atoms in total. The Labute approximate surface area is 102 Å². The van der Waals surface area contributed by atoms with Crippen LogP contribution < -0.4 is 5.73 Å². The Morgan fingerprint density at radius 1 is 1.19 bits per heavy atom. The van der Waals surface area contributed by atoms with Crippen LogP contribution in [0, 0.1) is 11.8 Å². The molecule has 1 heterocycles. The van der Waals surface area contributed by atoms with Crippen molar-refractivity contribution in [3.63, 3.8) is 0 Å². The molecule has 0 aromatic heterocycles. The average Bonchev–Trinajstić information content (AvgIpc) is 2.23. The Hall–Kier alpha value is -0.0800. The zero-order chi connectivity index (χ0) is 12.3. The van der Waals surface area contributed by atoms with Gasteiger partial charge < -0.3 is 5.73 Å². The summed E-state index contributed by atoms with van der Waals surface area (Å²) in [5, 5.41) is 0. The van der Waals surface area contributed by atoms with Crippen LogP contribution in [-0.4, -0.2) is 29.6 Å². The molecule has 0 aliphatic carbocycles. The van der Waals surface area contributed by atoms with Gasteiger partial charge >= 0.3 is 0 Å². The van der Waals surface area contributed by atoms with Gasteiger partial charge in [-0.25, -0.2) is 0 Å². The quantitative estimate of drug-likeness (QED) is 0.798. The zero-order valence-electron chi connectivity index (χ0n) is 11.7. The minimum atomic E-state index is 0.406. The molecule has 0 spiro atoms. The first-order chi connectivity index (χ1) is 7.43. The first-order valence-electron chi connectivity index (χ1n) is 6.94. The Bertz CT molecular complexity index is 203. The van der Waals surface area contributed by atoms with Crippen LogP contribution >= 0.6 is 0 Å². The lowest BCUT2D eigenvalue weighted by Gasteiger charge is -2.44. The minimum Gasteiger partial charge on any atom is -0.327 e. The zero-order valence-corrected chi connectivity index (χ0v) is 11.7. The van der Waals surface area contributed by atoms with Crippen molar-refractivity contribution >= 4 is 0 Å². The third kappa shape index (κ3) is 3.46. The number of nitrogens with two attached hydrogens (primary N) is 1. The maximum Gasteiger partial charge on any atom is 0.0110 e. The molecule has 0 aromatic rings. The van der Waals surface area contributed by atoms with Crippen molar-refractivity contribution in [2.75, 3.05) is 6.54 Å². The van der Waals surface area contributed by atoms with E-state index in [1.807, 2.05) is 0 Å². The molecule has 0 bridgehead atoms. The fraction of sp³-hybridized carbons (Fsp3) is 1.00. The summed E-state index contributed by atoms with van der Waals surface area (Å²) in [6.07, 6.45) is 3.83. The predicted molar refractivity (Wildman–Crippen MR) is 71.5 cm³/mol. The van der Waals surface area contributed by atoms with Crippen molar-refractivity contribution in [1.29, 1.82) is 0 Å². The van der Waals surface area contributed by atoms with E-state index in [0.717, 1.165) is 12.3 Å². The molecule has 1 rings (SSSR count). The Balaban J connectivity index is 2.46. The van der Waals surface area contributed by atoms with Crippen molar-refractivity contribution in [2.45, 2.75) is 72.0 Å². The molecule has 1 saturated heterocycles. The first kappa shape index (κ1) is 14.0. The molecule has 4 unspecified atom stereocenters. The van der Waals surface area contributed by atoms with Gasteiger partial charge in [0.15, 0.2) is 0 Å². The van der Waals surface area contributed by atoms with Gasteiger partial charge in [-0.2, -0.15) is 0 Å². The van der Waals surface area contributed by atoms with Gasteiger partial charge in [-0.05, 0) is 44.9 Å². The summed E-state index contributed by atoms with van der Waals surface area (Å²) in [5.74, 6) is 1.46. The standard InChI is InChI=1S/C14H30N2/c1-10(2)6-7-11(3)16-9-8-14(15)12(4)13(16)5/h10-14H,6-9,15H2,1-5H3. The lowest BCUT2D eigenvalue weighted by atomic mass is 9.86. The lowest BCUT2D eigenvalue weighted by Crippen LogP contribution is -2.54. The van der Waals surface area contributed by atoms with E-state index in [1.54, 1.807) is 0 Å². The number of rotatable bonds is 4. The molecule has 0 amide bonds. The molecule has 96 valence electrons. The normalized spacial score (nSPS) is 34.3. The van der Waals surface area contributed by atoms with E-state index < -0.39 is 0 Å². The lowest BCUT2D eigenvalue weighted by molar-refractivity contribution is 0.0575. The van der Waals surface area contributed by atoms with E-state index in [2.05, 4.69) is 39.5 Å². The Kier molecular flexibility index (Phi) is 5.26. The van der Waals surface area contributed by atoms with E-state index in [-0.39, 0.29) is 0 Å². The van der Waals surface area contributed by atoms with Gasteiger partial charge in [0.25, 0.3) is 0 Å². The predicted octanol–water partition coefficient (Wildman–Crippen LogP) is 2.87. The highest BCUT2D eigenvalue weighted by Gasteiger charge is 2.32. The van der Waals surface area contributed by atoms with E-state index in [4.69, 9.17) is 5.73 Å². The van der Waals surface area contributed by atoms with E-state index in [1.165, 1.54) is 19.4 Å². The van der Waals surface area contributed by atoms with Crippen molar-refractivity contribution in [3.8, 4) is 0 Å². The van der Waals surface area contributed by atoms with Crippen LogP contribution in [0.25, 0.3) is 0 Å². The summed E-state index contributed by atoms with van der Waals surface area (Å²) < 4.78 is 0. The Morgan fingerprint density at radius 3 is 2.38 bits per heavy atom. The number of likely N-dealkylation sites (tertiary alicyclic amines) is 1. The molecule has 1 aliphatic rings. The van der Waals surface area contributed by atoms with Crippen LogP contribution in [0.4, 0.5) is 0 Å². The van der Waals surface area contributed by atoms with Gasteiger partial charge in [-0.1, -0.05) is 20.8 Å². The van der Waals surface area contributed by atoms with Gasteiger partial charge in [0.2, 0.25) is 0 Å². The molecule has 1 fully saturated rings. The maximum absolute atomic E-state index is 6.13. The molecule has 16 heavy (non-hydrogen) atoms. The third-order valence-electron chi connectivity index (χ3n) is 4.41. The summed E-state index contributed by atoms with van der Waals surface area (Å²) in [7, 11) is 0. The molecule has 0 aromatic carbocycles. The van der Waals surface area contributed by atoms with Crippen LogP contribution in [-0.2, 0) is 0 Å². The van der Waals surface area contributed by atoms with Gasteiger partial charge in [0, 0.05) is 24.7 Å². The van der Waals surface area contributed by atoms with E-state index in [0.29, 0.717) is 24.0 Å². The molecular formula is C14H30N2. The second-order valence-electron chi connectivity index (χ2n) is 6.11. The number of hydrogen-bond acceptors (Lipinski definition) is 2. The second kappa shape index (κ2) is 6.02. The Morgan fingerprint density at radius 2 is 1.81 bits per heavy atom. The highest BCUT2D eigenvalue weighted by molar-refractivity contribution is 4.88. The SMILES string of the molecule is CC(C)CCC(C)N1CCC(N)C(C)C1C. The smallest absolute Gasteiger partial charge is 0.0110 e. The molecule has 0 radical (unpaired) electrons. The summed E-state index contributed by atoms with van der Waals surface area (Å²) in [4.78, 5) is 2.66. The van der Waals surface area contributed by atoms with Gasteiger partial charge in [-0.15, -0.1) is 0 Å². The first-order valence-corrected chi connectivity index (χ1v) is 6.94. The fourth-order valence-electron chi connectivity index (χ4n) is 2.79. The van der Waals surface area contributed by atoms with Crippen LogP contribution in [0.3, 0.4) is 0 Å². The van der Waals surface area contributed by atoms with Crippen LogP contribution in [0.1, 0.15) is 53.9 Å². The molecule has 4 atom stereocenters. The molecular weight excluding hydrogens is 196 g/mol. The summed E-state index contributed by atoms with van der Waals surface area (Å²) in [5.41, 5.74) is 6.13. The summed E-state index contributed by atoms with van der Waals surface area (Å²) in [6, 6.07) is 1.77. The van der Waals surface area contributed by atoms with E-state index >= 15 is 0 Å². The highest BCUT2D eigenvalue weighted by Crippen LogP contribution is 2.26. The number of nitrogens with zero attached hydrogens (tertiary/aromatic N) is 1. The van der Waals surface area contributed by atoms with Crippen LogP contribution in [0.2, 0.25) is 0 Å². The average molecular weight is 226 g/mol. The van der Waals surface area contributed by atoms with Crippen molar-refractivity contribution in [2.24, 2.45) is 17.6 Å². The van der Waals surface area contributed by atoms with Crippen molar-refractivity contribution < 1.29 is 0 Å². The van der Waals surface area contributed by atoms with Crippen LogP contribution in [0.15, 0.2) is 0 Å². The molecule has 1 aliphatic heterocycles. The van der Waals surface area contributed by atoms with Gasteiger partial charge in [0.05, 0.1) is 0 Å². The van der Waals surface area contributed by atoms with Crippen molar-refractivity contribution in [3.05, 3.63) is 0 Å². The topological polar surface area (TPSA) is 29.3 Å². The monoisotopic (exact) mass is 226 g/mol. The molecule has 0 saturated carbocycles. The van der Waals surface area contributed by atoms with Gasteiger partial charge in [-0.3, -0.25) is 4.90 Å². The van der Waals surface area contributed by atoms with Crippen molar-refractivity contribution in [1.82, 2.24) is 4.90 Å². The summed E-state index contributed by atoms with van der Waals surface area (Å²) >= 11 is 0. The summed E-state index contributed by atoms with van der Waals surface area (Å²) in [6.45, 7) is 12.8. The largest absolute Gasteiger partial charge is 0.327 e. The minimum absolute atomic E-state index is 0.406. The molecule has 2 N–H and O–H groups in total. The van der Waals surface area contributed by atoms with E-state index in [9.17, 15) is 0 Å². The highest BCUT2D eigenvalue weighted by atomic mass is 15.2. The number of hydrogen-bond donors (Lipinski definition) is 1. The van der Waals surface area contributed by atoms with Crippen LogP contribution in [0.5, 0.6) is 0 Å².